The van der Waals surface area contributed by atoms with E-state index in [1.54, 1.807) is 18.2 Å². The van der Waals surface area contributed by atoms with Crippen LogP contribution in [-0.4, -0.2) is 11.8 Å². The first-order chi connectivity index (χ1) is 12.6. The molecule has 5 nitrogen and oxygen atoms in total. The van der Waals surface area contributed by atoms with Crippen LogP contribution in [0.3, 0.4) is 0 Å². The Hall–Kier alpha value is -3.08. The molecule has 0 aliphatic heterocycles. The minimum atomic E-state index is -0.396. The van der Waals surface area contributed by atoms with Gasteiger partial charge in [0.15, 0.2) is 0 Å². The van der Waals surface area contributed by atoms with Gasteiger partial charge in [-0.1, -0.05) is 44.2 Å². The highest BCUT2D eigenvalue weighted by atomic mass is 16.3. The number of benzene rings is 2. The van der Waals surface area contributed by atoms with Crippen LogP contribution in [0.2, 0.25) is 0 Å². The van der Waals surface area contributed by atoms with Crippen LogP contribution in [-0.2, 0) is 4.79 Å². The number of carbonyl (C=O) groups is 2. The highest BCUT2D eigenvalue weighted by Gasteiger charge is 2.24. The average Bonchev–Trinajstić information content (AvgIpc) is 3.02. The maximum absolute atomic E-state index is 12.7. The van der Waals surface area contributed by atoms with Crippen LogP contribution < -0.4 is 10.6 Å². The summed E-state index contributed by atoms with van der Waals surface area (Å²) in [5.41, 5.74) is 1.65. The monoisotopic (exact) mass is 350 g/mol. The van der Waals surface area contributed by atoms with E-state index in [1.807, 2.05) is 50.2 Å². The van der Waals surface area contributed by atoms with Crippen molar-refractivity contribution in [3.05, 3.63) is 60.4 Å². The molecular weight excluding hydrogens is 328 g/mol. The Balaban J connectivity index is 1.96. The van der Waals surface area contributed by atoms with Crippen molar-refractivity contribution < 1.29 is 14.0 Å². The first-order valence-electron chi connectivity index (χ1n) is 8.82. The summed E-state index contributed by atoms with van der Waals surface area (Å²) in [5.74, 6) is -0.495. The van der Waals surface area contributed by atoms with Gasteiger partial charge in [0.1, 0.15) is 11.3 Å². The zero-order valence-electron chi connectivity index (χ0n) is 14.9. The molecule has 0 aliphatic carbocycles. The first-order valence-corrected chi connectivity index (χ1v) is 8.82. The molecule has 0 unspecified atom stereocenters. The van der Waals surface area contributed by atoms with Crippen molar-refractivity contribution in [2.75, 3.05) is 10.6 Å². The lowest BCUT2D eigenvalue weighted by atomic mass is 10.0. The molecule has 0 atom stereocenters. The molecule has 2 amide bonds. The number of amides is 2. The molecule has 2 N–H and O–H groups in total. The third-order valence-corrected chi connectivity index (χ3v) is 4.44. The average molecular weight is 350 g/mol. The number of furan rings is 1. The fourth-order valence-electron chi connectivity index (χ4n) is 2.92. The molecule has 5 heteroatoms. The molecule has 1 aromatic heterocycles. The molecule has 1 heterocycles. The van der Waals surface area contributed by atoms with E-state index in [-0.39, 0.29) is 17.6 Å². The Kier molecular flexibility index (Phi) is 5.37. The van der Waals surface area contributed by atoms with E-state index in [4.69, 9.17) is 4.42 Å². The van der Waals surface area contributed by atoms with Crippen LogP contribution >= 0.6 is 0 Å². The second-order valence-corrected chi connectivity index (χ2v) is 6.13. The summed E-state index contributed by atoms with van der Waals surface area (Å²) in [4.78, 5) is 25.3. The SMILES string of the molecule is CCC(CC)C(=O)Nc1c(C(=O)Nc2ccccc2)oc2ccccc12. The Labute approximate surface area is 152 Å². The summed E-state index contributed by atoms with van der Waals surface area (Å²) in [6.07, 6.45) is 1.48. The lowest BCUT2D eigenvalue weighted by molar-refractivity contribution is -0.120. The number of carbonyl (C=O) groups excluding carboxylic acids is 2. The molecule has 0 radical (unpaired) electrons. The normalized spacial score (nSPS) is 10.9. The van der Waals surface area contributed by atoms with E-state index in [1.165, 1.54) is 0 Å². The van der Waals surface area contributed by atoms with Gasteiger partial charge in [-0.15, -0.1) is 0 Å². The number of hydrogen-bond donors (Lipinski definition) is 2. The van der Waals surface area contributed by atoms with Crippen molar-refractivity contribution in [1.82, 2.24) is 0 Å². The second kappa shape index (κ2) is 7.87. The van der Waals surface area contributed by atoms with Crippen LogP contribution in [0.1, 0.15) is 37.2 Å². The fraction of sp³-hybridized carbons (Fsp3) is 0.238. The van der Waals surface area contributed by atoms with Crippen molar-refractivity contribution in [3.8, 4) is 0 Å². The predicted octanol–water partition coefficient (Wildman–Crippen LogP) is 5.06. The quantitative estimate of drug-likeness (QED) is 0.653. The van der Waals surface area contributed by atoms with Crippen molar-refractivity contribution >= 4 is 34.2 Å². The van der Waals surface area contributed by atoms with Crippen LogP contribution in [0, 0.1) is 5.92 Å². The number of anilines is 2. The predicted molar refractivity (Wildman–Crippen MR) is 103 cm³/mol. The summed E-state index contributed by atoms with van der Waals surface area (Å²) in [7, 11) is 0. The lowest BCUT2D eigenvalue weighted by Crippen LogP contribution is -2.23. The molecule has 2 aromatic carbocycles. The highest BCUT2D eigenvalue weighted by molar-refractivity contribution is 6.14. The summed E-state index contributed by atoms with van der Waals surface area (Å²) >= 11 is 0. The molecule has 26 heavy (non-hydrogen) atoms. The third kappa shape index (κ3) is 3.61. The number of hydrogen-bond acceptors (Lipinski definition) is 3. The van der Waals surface area contributed by atoms with Gasteiger partial charge in [0, 0.05) is 17.0 Å². The minimum absolute atomic E-state index is 0.102. The Morgan fingerprint density at radius 3 is 2.27 bits per heavy atom. The molecule has 3 aromatic rings. The van der Waals surface area contributed by atoms with E-state index < -0.39 is 5.91 Å². The fourth-order valence-corrected chi connectivity index (χ4v) is 2.92. The molecule has 0 bridgehead atoms. The minimum Gasteiger partial charge on any atom is -0.449 e. The van der Waals surface area contributed by atoms with E-state index in [2.05, 4.69) is 10.6 Å². The molecule has 0 saturated heterocycles. The van der Waals surface area contributed by atoms with Gasteiger partial charge in [-0.25, -0.2) is 0 Å². The molecular formula is C21H22N2O3. The topological polar surface area (TPSA) is 71.3 Å². The molecule has 0 fully saturated rings. The van der Waals surface area contributed by atoms with Gasteiger partial charge >= 0.3 is 0 Å². The first kappa shape index (κ1) is 17.7. The van der Waals surface area contributed by atoms with Gasteiger partial charge < -0.3 is 15.1 Å². The molecule has 134 valence electrons. The Bertz CT molecular complexity index is 911. The second-order valence-electron chi connectivity index (χ2n) is 6.13. The third-order valence-electron chi connectivity index (χ3n) is 4.44. The van der Waals surface area contributed by atoms with Crippen molar-refractivity contribution in [1.29, 1.82) is 0 Å². The summed E-state index contributed by atoms with van der Waals surface area (Å²) in [5, 5.41) is 6.43. The van der Waals surface area contributed by atoms with Crippen LogP contribution in [0.25, 0.3) is 11.0 Å². The van der Waals surface area contributed by atoms with Gasteiger partial charge in [-0.2, -0.15) is 0 Å². The maximum atomic E-state index is 12.7. The van der Waals surface area contributed by atoms with Crippen LogP contribution in [0.5, 0.6) is 0 Å². The lowest BCUT2D eigenvalue weighted by Gasteiger charge is -2.13. The molecule has 3 rings (SSSR count). The number of fused-ring (bicyclic) bond motifs is 1. The van der Waals surface area contributed by atoms with Gasteiger partial charge in [0.25, 0.3) is 5.91 Å². The van der Waals surface area contributed by atoms with E-state index in [9.17, 15) is 9.59 Å². The molecule has 0 saturated carbocycles. The van der Waals surface area contributed by atoms with E-state index >= 15 is 0 Å². The van der Waals surface area contributed by atoms with Crippen molar-refractivity contribution in [2.24, 2.45) is 5.92 Å². The van der Waals surface area contributed by atoms with Crippen LogP contribution in [0.4, 0.5) is 11.4 Å². The zero-order chi connectivity index (χ0) is 18.5. The van der Waals surface area contributed by atoms with Gasteiger partial charge in [-0.05, 0) is 37.1 Å². The van der Waals surface area contributed by atoms with Crippen LogP contribution in [0.15, 0.2) is 59.0 Å². The van der Waals surface area contributed by atoms with Crippen molar-refractivity contribution in [2.45, 2.75) is 26.7 Å². The largest absolute Gasteiger partial charge is 0.449 e. The summed E-state index contributed by atoms with van der Waals surface area (Å²) in [6.45, 7) is 3.95. The smallest absolute Gasteiger partial charge is 0.293 e. The number of para-hydroxylation sites is 2. The standard InChI is InChI=1S/C21H22N2O3/c1-3-14(4-2)20(24)23-18-16-12-8-9-13-17(16)26-19(18)21(25)22-15-10-6-5-7-11-15/h5-14H,3-4H2,1-2H3,(H,22,25)(H,23,24). The van der Waals surface area contributed by atoms with Crippen molar-refractivity contribution in [3.63, 3.8) is 0 Å². The van der Waals surface area contributed by atoms with Gasteiger partial charge in [-0.3, -0.25) is 9.59 Å². The van der Waals surface area contributed by atoms with Gasteiger partial charge in [0.2, 0.25) is 11.7 Å². The summed E-state index contributed by atoms with van der Waals surface area (Å²) < 4.78 is 5.75. The zero-order valence-corrected chi connectivity index (χ0v) is 14.9. The maximum Gasteiger partial charge on any atom is 0.293 e. The molecule has 0 spiro atoms. The van der Waals surface area contributed by atoms with Gasteiger partial charge in [0.05, 0.1) is 0 Å². The number of rotatable bonds is 6. The number of nitrogens with one attached hydrogen (secondary N) is 2. The summed E-state index contributed by atoms with van der Waals surface area (Å²) in [6, 6.07) is 16.4. The van der Waals surface area contributed by atoms with E-state index in [0.29, 0.717) is 22.3 Å². The Morgan fingerprint density at radius 2 is 1.58 bits per heavy atom. The molecule has 0 aliphatic rings. The highest BCUT2D eigenvalue weighted by Crippen LogP contribution is 2.32. The van der Waals surface area contributed by atoms with E-state index in [0.717, 1.165) is 12.8 Å². The Morgan fingerprint density at radius 1 is 0.923 bits per heavy atom.